The van der Waals surface area contributed by atoms with E-state index in [0.29, 0.717) is 16.7 Å². The smallest absolute Gasteiger partial charge is 0.328 e. The van der Waals surface area contributed by atoms with Crippen molar-refractivity contribution in [3.63, 3.8) is 0 Å². The van der Waals surface area contributed by atoms with Gasteiger partial charge in [0, 0.05) is 29.4 Å². The van der Waals surface area contributed by atoms with Crippen LogP contribution >= 0.6 is 11.6 Å². The molecule has 0 saturated carbocycles. The molecular formula is C21H21ClN6O. The monoisotopic (exact) mass is 408 g/mol. The number of nitrogens with zero attached hydrogens (tertiary/aromatic N) is 4. The van der Waals surface area contributed by atoms with Crippen LogP contribution in [0.3, 0.4) is 0 Å². The average Bonchev–Trinajstić information content (AvgIpc) is 2.85. The number of carbonyl (C=O) groups is 1. The average molecular weight is 409 g/mol. The van der Waals surface area contributed by atoms with Gasteiger partial charge in [-0.3, -0.25) is 10.2 Å². The Bertz CT molecular complexity index is 1030. The van der Waals surface area contributed by atoms with Crippen molar-refractivity contribution in [1.29, 1.82) is 0 Å². The molecule has 1 aromatic carbocycles. The van der Waals surface area contributed by atoms with E-state index in [1.54, 1.807) is 17.2 Å². The van der Waals surface area contributed by atoms with Gasteiger partial charge in [0.05, 0.1) is 11.4 Å². The van der Waals surface area contributed by atoms with Crippen LogP contribution in [0.15, 0.2) is 55.0 Å². The number of nitrogens with one attached hydrogen (secondary N) is 2. The molecule has 0 saturated heterocycles. The van der Waals surface area contributed by atoms with Crippen molar-refractivity contribution in [3.8, 4) is 11.3 Å². The van der Waals surface area contributed by atoms with Crippen molar-refractivity contribution in [2.45, 2.75) is 19.9 Å². The second-order valence-electron chi connectivity index (χ2n) is 7.07. The SMILES string of the molecule is C[C@@H]1CNc2ccc(-c3cccc(Cl)c3)nc2N(C(=O)Nc2ccncn2)[C@@H]1C. The van der Waals surface area contributed by atoms with Crippen LogP contribution in [-0.2, 0) is 0 Å². The summed E-state index contributed by atoms with van der Waals surface area (Å²) < 4.78 is 0. The molecule has 2 amide bonds. The fourth-order valence-corrected chi connectivity index (χ4v) is 3.47. The van der Waals surface area contributed by atoms with Crippen molar-refractivity contribution < 1.29 is 4.79 Å². The number of hydrogen-bond acceptors (Lipinski definition) is 5. The van der Waals surface area contributed by atoms with E-state index in [4.69, 9.17) is 16.6 Å². The first-order valence-corrected chi connectivity index (χ1v) is 9.78. The summed E-state index contributed by atoms with van der Waals surface area (Å²) in [6.07, 6.45) is 2.98. The summed E-state index contributed by atoms with van der Waals surface area (Å²) in [5, 5.41) is 6.89. The number of benzene rings is 1. The Morgan fingerprint density at radius 1 is 1.24 bits per heavy atom. The van der Waals surface area contributed by atoms with E-state index in [1.807, 2.05) is 43.3 Å². The summed E-state index contributed by atoms with van der Waals surface area (Å²) in [7, 11) is 0. The highest BCUT2D eigenvalue weighted by Gasteiger charge is 2.32. The molecule has 0 spiro atoms. The number of carbonyl (C=O) groups excluding carboxylic acids is 1. The van der Waals surface area contributed by atoms with Crippen molar-refractivity contribution >= 4 is 35.0 Å². The Kier molecular flexibility index (Phi) is 5.31. The topological polar surface area (TPSA) is 83.0 Å². The Balaban J connectivity index is 1.75. The standard InChI is InChI=1S/C21H21ClN6O/c1-13-11-24-18-7-6-17(15-4-3-5-16(22)10-15)26-20(18)28(14(13)2)21(29)27-19-8-9-23-12-25-19/h3-10,12-14,24H,11H2,1-2H3,(H,23,25,27,29)/t13-,14-/m1/s1. The Morgan fingerprint density at radius 3 is 2.86 bits per heavy atom. The van der Waals surface area contributed by atoms with Crippen LogP contribution in [0.4, 0.5) is 22.1 Å². The fraction of sp³-hybridized carbons (Fsp3) is 0.238. The van der Waals surface area contributed by atoms with Gasteiger partial charge in [0.2, 0.25) is 0 Å². The molecular weight excluding hydrogens is 388 g/mol. The summed E-state index contributed by atoms with van der Waals surface area (Å²) in [5.41, 5.74) is 2.45. The predicted molar refractivity (Wildman–Crippen MR) is 115 cm³/mol. The molecule has 0 fully saturated rings. The molecule has 2 atom stereocenters. The van der Waals surface area contributed by atoms with Gasteiger partial charge in [0.15, 0.2) is 5.82 Å². The van der Waals surface area contributed by atoms with Gasteiger partial charge in [-0.05, 0) is 43.2 Å². The maximum Gasteiger partial charge on any atom is 0.328 e. The zero-order valence-corrected chi connectivity index (χ0v) is 16.9. The van der Waals surface area contributed by atoms with E-state index >= 15 is 0 Å². The van der Waals surface area contributed by atoms with E-state index in [2.05, 4.69) is 27.5 Å². The molecule has 0 aliphatic carbocycles. The van der Waals surface area contributed by atoms with Crippen LogP contribution in [0, 0.1) is 5.92 Å². The number of amides is 2. The van der Waals surface area contributed by atoms with Gasteiger partial charge in [0.25, 0.3) is 0 Å². The van der Waals surface area contributed by atoms with Crippen molar-refractivity contribution in [3.05, 3.63) is 60.0 Å². The first kappa shape index (κ1) is 19.1. The zero-order valence-electron chi connectivity index (χ0n) is 16.1. The highest BCUT2D eigenvalue weighted by atomic mass is 35.5. The molecule has 2 aromatic heterocycles. The van der Waals surface area contributed by atoms with Gasteiger partial charge in [-0.2, -0.15) is 0 Å². The Morgan fingerprint density at radius 2 is 2.10 bits per heavy atom. The van der Waals surface area contributed by atoms with Crippen LogP contribution in [0.5, 0.6) is 0 Å². The van der Waals surface area contributed by atoms with Gasteiger partial charge in [-0.1, -0.05) is 30.7 Å². The first-order valence-electron chi connectivity index (χ1n) is 9.40. The van der Waals surface area contributed by atoms with Gasteiger partial charge in [0.1, 0.15) is 12.1 Å². The lowest BCUT2D eigenvalue weighted by atomic mass is 10.0. The van der Waals surface area contributed by atoms with Gasteiger partial charge >= 0.3 is 6.03 Å². The van der Waals surface area contributed by atoms with Crippen LogP contribution in [-0.4, -0.2) is 33.6 Å². The molecule has 0 unspecified atom stereocenters. The van der Waals surface area contributed by atoms with Crippen molar-refractivity contribution in [1.82, 2.24) is 15.0 Å². The number of pyridine rings is 1. The second-order valence-corrected chi connectivity index (χ2v) is 7.51. The van der Waals surface area contributed by atoms with E-state index in [0.717, 1.165) is 23.5 Å². The molecule has 3 aromatic rings. The zero-order chi connectivity index (χ0) is 20.4. The highest BCUT2D eigenvalue weighted by molar-refractivity contribution is 6.30. The Hall–Kier alpha value is -3.19. The third-order valence-electron chi connectivity index (χ3n) is 5.10. The quantitative estimate of drug-likeness (QED) is 0.643. The lowest BCUT2D eigenvalue weighted by Gasteiger charge is -2.30. The van der Waals surface area contributed by atoms with E-state index < -0.39 is 0 Å². The molecule has 0 bridgehead atoms. The van der Waals surface area contributed by atoms with Gasteiger partial charge < -0.3 is 5.32 Å². The van der Waals surface area contributed by atoms with E-state index in [-0.39, 0.29) is 18.0 Å². The number of aromatic nitrogens is 3. The summed E-state index contributed by atoms with van der Waals surface area (Å²) >= 11 is 6.15. The predicted octanol–water partition coefficient (Wildman–Crippen LogP) is 4.68. The summed E-state index contributed by atoms with van der Waals surface area (Å²) in [5.74, 6) is 1.23. The number of urea groups is 1. The van der Waals surface area contributed by atoms with Gasteiger partial charge in [-0.25, -0.2) is 19.7 Å². The van der Waals surface area contributed by atoms with Crippen LogP contribution < -0.4 is 15.5 Å². The number of anilines is 3. The minimum atomic E-state index is -0.288. The number of halogens is 1. The van der Waals surface area contributed by atoms with Gasteiger partial charge in [-0.15, -0.1) is 0 Å². The minimum Gasteiger partial charge on any atom is -0.382 e. The van der Waals surface area contributed by atoms with Crippen LogP contribution in [0.25, 0.3) is 11.3 Å². The second kappa shape index (κ2) is 8.05. The van der Waals surface area contributed by atoms with Crippen molar-refractivity contribution in [2.75, 3.05) is 22.1 Å². The lowest BCUT2D eigenvalue weighted by Crippen LogP contribution is -2.45. The molecule has 1 aliphatic rings. The molecule has 0 radical (unpaired) electrons. The van der Waals surface area contributed by atoms with Crippen LogP contribution in [0.2, 0.25) is 5.02 Å². The van der Waals surface area contributed by atoms with E-state index in [1.165, 1.54) is 6.33 Å². The molecule has 148 valence electrons. The molecule has 2 N–H and O–H groups in total. The molecule has 29 heavy (non-hydrogen) atoms. The first-order chi connectivity index (χ1) is 14.0. The third-order valence-corrected chi connectivity index (χ3v) is 5.34. The minimum absolute atomic E-state index is 0.0762. The largest absolute Gasteiger partial charge is 0.382 e. The molecule has 3 heterocycles. The van der Waals surface area contributed by atoms with Crippen molar-refractivity contribution in [2.24, 2.45) is 5.92 Å². The fourth-order valence-electron chi connectivity index (χ4n) is 3.28. The Labute approximate surface area is 174 Å². The normalized spacial score (nSPS) is 18.4. The maximum absolute atomic E-state index is 13.2. The molecule has 7 nitrogen and oxygen atoms in total. The molecule has 4 rings (SSSR count). The summed E-state index contributed by atoms with van der Waals surface area (Å²) in [6, 6.07) is 12.7. The summed E-state index contributed by atoms with van der Waals surface area (Å²) in [6.45, 7) is 4.87. The number of hydrogen-bond donors (Lipinski definition) is 2. The highest BCUT2D eigenvalue weighted by Crippen LogP contribution is 2.34. The third kappa shape index (κ3) is 4.00. The molecule has 1 aliphatic heterocycles. The molecule has 8 heteroatoms. The van der Waals surface area contributed by atoms with Crippen LogP contribution in [0.1, 0.15) is 13.8 Å². The lowest BCUT2D eigenvalue weighted by molar-refractivity contribution is 0.253. The maximum atomic E-state index is 13.2. The number of fused-ring (bicyclic) bond motifs is 1. The van der Waals surface area contributed by atoms with E-state index in [9.17, 15) is 4.79 Å². The number of rotatable bonds is 2. The summed E-state index contributed by atoms with van der Waals surface area (Å²) in [4.78, 5) is 27.7.